The van der Waals surface area contributed by atoms with Gasteiger partial charge < -0.3 is 10.2 Å². The fourth-order valence-electron chi connectivity index (χ4n) is 4.88. The van der Waals surface area contributed by atoms with E-state index in [-0.39, 0.29) is 11.7 Å². The molecule has 29 heavy (non-hydrogen) atoms. The summed E-state index contributed by atoms with van der Waals surface area (Å²) in [5.41, 5.74) is 1.13. The second kappa shape index (κ2) is 8.21. The normalized spacial score (nSPS) is 26.0. The summed E-state index contributed by atoms with van der Waals surface area (Å²) in [6, 6.07) is 2.37. The average molecular weight is 403 g/mol. The van der Waals surface area contributed by atoms with E-state index in [0.29, 0.717) is 11.5 Å². The van der Waals surface area contributed by atoms with Crippen molar-refractivity contribution in [1.82, 2.24) is 15.2 Å². The molecule has 0 spiro atoms. The van der Waals surface area contributed by atoms with Gasteiger partial charge in [0.05, 0.1) is 11.9 Å². The molecule has 0 aromatic carbocycles. The van der Waals surface area contributed by atoms with E-state index in [0.717, 1.165) is 50.6 Å². The fraction of sp³-hybridized carbons (Fsp3) is 0.739. The molecule has 3 aliphatic rings. The predicted molar refractivity (Wildman–Crippen MR) is 114 cm³/mol. The smallest absolute Gasteiger partial charge is 0.273 e. The Morgan fingerprint density at radius 1 is 1.21 bits per heavy atom. The zero-order valence-corrected chi connectivity index (χ0v) is 18.1. The van der Waals surface area contributed by atoms with Crippen LogP contribution in [0.5, 0.6) is 0 Å². The molecule has 2 saturated carbocycles. The van der Waals surface area contributed by atoms with Gasteiger partial charge in [-0.1, -0.05) is 27.2 Å². The molecule has 1 aliphatic heterocycles. The Bertz CT molecular complexity index is 740. The van der Waals surface area contributed by atoms with Gasteiger partial charge in [0.2, 0.25) is 0 Å². The largest absolute Gasteiger partial charge is 0.368 e. The van der Waals surface area contributed by atoms with Crippen molar-refractivity contribution in [1.29, 1.82) is 0 Å². The number of rotatable bonds is 6. The molecule has 4 rings (SSSR count). The first-order valence-electron chi connectivity index (χ1n) is 11.3. The molecule has 1 aromatic rings. The third-order valence-corrected chi connectivity index (χ3v) is 7.57. The number of carbonyl (C=O) groups is 1. The molecule has 6 heteroatoms. The van der Waals surface area contributed by atoms with E-state index in [1.165, 1.54) is 31.7 Å². The van der Waals surface area contributed by atoms with Crippen LogP contribution in [0.4, 0.5) is 10.1 Å². The lowest BCUT2D eigenvalue weighted by molar-refractivity contribution is 0.0941. The summed E-state index contributed by atoms with van der Waals surface area (Å²) in [7, 11) is 0. The molecular weight excluding hydrogens is 367 g/mol. The molecule has 3 fully saturated rings. The maximum absolute atomic E-state index is 14.5. The molecule has 0 bridgehead atoms. The van der Waals surface area contributed by atoms with Crippen LogP contribution in [0.2, 0.25) is 0 Å². The first kappa shape index (κ1) is 20.6. The minimum absolute atomic E-state index is 0.0881. The highest BCUT2D eigenvalue weighted by molar-refractivity contribution is 5.93. The number of amides is 1. The number of aromatic nitrogens is 1. The first-order chi connectivity index (χ1) is 13.9. The highest BCUT2D eigenvalue weighted by Gasteiger charge is 2.37. The van der Waals surface area contributed by atoms with Gasteiger partial charge in [-0.25, -0.2) is 9.37 Å². The van der Waals surface area contributed by atoms with Gasteiger partial charge in [0, 0.05) is 44.3 Å². The van der Waals surface area contributed by atoms with Crippen LogP contribution in [0.15, 0.2) is 12.3 Å². The van der Waals surface area contributed by atoms with Crippen molar-refractivity contribution in [3.63, 3.8) is 0 Å². The minimum Gasteiger partial charge on any atom is -0.368 e. The molecule has 2 atom stereocenters. The number of carbonyl (C=O) groups excluding carboxylic acids is 1. The van der Waals surface area contributed by atoms with Crippen molar-refractivity contribution in [3.05, 3.63) is 23.8 Å². The molecule has 0 radical (unpaired) electrons. The van der Waals surface area contributed by atoms with E-state index in [4.69, 9.17) is 0 Å². The summed E-state index contributed by atoms with van der Waals surface area (Å²) in [5.74, 6) is -0.0983. The maximum atomic E-state index is 14.5. The summed E-state index contributed by atoms with van der Waals surface area (Å²) >= 11 is 0. The van der Waals surface area contributed by atoms with Gasteiger partial charge in [-0.3, -0.25) is 9.69 Å². The Kier molecular flexibility index (Phi) is 5.83. The Morgan fingerprint density at radius 3 is 2.55 bits per heavy atom. The van der Waals surface area contributed by atoms with Crippen molar-refractivity contribution >= 4 is 11.6 Å². The minimum atomic E-state index is -0.525. The van der Waals surface area contributed by atoms with Crippen molar-refractivity contribution in [2.45, 2.75) is 71.4 Å². The molecule has 160 valence electrons. The van der Waals surface area contributed by atoms with E-state index in [2.05, 4.69) is 40.9 Å². The lowest BCUT2D eigenvalue weighted by atomic mass is 9.76. The predicted octanol–water partition coefficient (Wildman–Crippen LogP) is 3.84. The number of nitrogens with one attached hydrogen (secondary N) is 1. The monoisotopic (exact) mass is 402 g/mol. The number of anilines is 1. The molecule has 2 aliphatic carbocycles. The van der Waals surface area contributed by atoms with Gasteiger partial charge in [-0.15, -0.1) is 0 Å². The Hall–Kier alpha value is -1.69. The molecule has 1 saturated heterocycles. The molecule has 1 N–H and O–H groups in total. The number of pyridine rings is 1. The summed E-state index contributed by atoms with van der Waals surface area (Å²) < 4.78 is 14.5. The Labute approximate surface area is 174 Å². The average Bonchev–Trinajstić information content (AvgIpc) is 3.38. The maximum Gasteiger partial charge on any atom is 0.273 e. The van der Waals surface area contributed by atoms with Crippen molar-refractivity contribution in [3.8, 4) is 0 Å². The summed E-state index contributed by atoms with van der Waals surface area (Å²) in [4.78, 5) is 21.0. The summed E-state index contributed by atoms with van der Waals surface area (Å²) in [5, 5.41) is 2.80. The van der Waals surface area contributed by atoms with Gasteiger partial charge in [-0.05, 0) is 43.4 Å². The van der Waals surface area contributed by atoms with Crippen LogP contribution in [0.1, 0.15) is 69.8 Å². The van der Waals surface area contributed by atoms with E-state index in [1.807, 2.05) is 0 Å². The van der Waals surface area contributed by atoms with Gasteiger partial charge in [0.15, 0.2) is 11.5 Å². The van der Waals surface area contributed by atoms with Crippen LogP contribution in [0.25, 0.3) is 0 Å². The van der Waals surface area contributed by atoms with Crippen LogP contribution in [0.3, 0.4) is 0 Å². The number of hydrogen-bond donors (Lipinski definition) is 1. The number of nitrogens with zero attached hydrogens (tertiary/aromatic N) is 3. The highest BCUT2D eigenvalue weighted by atomic mass is 19.1. The van der Waals surface area contributed by atoms with E-state index in [1.54, 1.807) is 6.20 Å². The molecule has 2 heterocycles. The van der Waals surface area contributed by atoms with Gasteiger partial charge in [-0.2, -0.15) is 0 Å². The summed E-state index contributed by atoms with van der Waals surface area (Å²) in [6.45, 7) is 10.9. The van der Waals surface area contributed by atoms with Crippen molar-refractivity contribution in [2.75, 3.05) is 31.1 Å². The fourth-order valence-corrected chi connectivity index (χ4v) is 4.88. The Morgan fingerprint density at radius 2 is 1.93 bits per heavy atom. The first-order valence-corrected chi connectivity index (χ1v) is 11.3. The lowest BCUT2D eigenvalue weighted by Gasteiger charge is -2.39. The SMILES string of the molecule is CCC(C)(C)C1CC[C@@H](N2CCN(c3cnc(C(=O)NC4CC4)c(F)c3)CC2)C1. The number of piperazine rings is 1. The van der Waals surface area contributed by atoms with Crippen LogP contribution in [-0.2, 0) is 0 Å². The second-order valence-electron chi connectivity index (χ2n) is 9.80. The van der Waals surface area contributed by atoms with Gasteiger partial charge in [0.1, 0.15) is 0 Å². The second-order valence-corrected chi connectivity index (χ2v) is 9.80. The molecule has 1 unspecified atom stereocenters. The molecule has 1 aromatic heterocycles. The van der Waals surface area contributed by atoms with Crippen LogP contribution in [-0.4, -0.2) is 54.1 Å². The van der Waals surface area contributed by atoms with Gasteiger partial charge >= 0.3 is 0 Å². The van der Waals surface area contributed by atoms with E-state index in [9.17, 15) is 9.18 Å². The van der Waals surface area contributed by atoms with Gasteiger partial charge in [0.25, 0.3) is 5.91 Å². The summed E-state index contributed by atoms with van der Waals surface area (Å²) in [6.07, 6.45) is 8.80. The third-order valence-electron chi connectivity index (χ3n) is 7.57. The highest BCUT2D eigenvalue weighted by Crippen LogP contribution is 2.43. The number of halogens is 1. The quantitative estimate of drug-likeness (QED) is 0.785. The molecule has 5 nitrogen and oxygen atoms in total. The van der Waals surface area contributed by atoms with Crippen LogP contribution >= 0.6 is 0 Å². The van der Waals surface area contributed by atoms with Crippen LogP contribution in [0, 0.1) is 17.2 Å². The topological polar surface area (TPSA) is 48.5 Å². The Balaban J connectivity index is 1.31. The van der Waals surface area contributed by atoms with Crippen molar-refractivity contribution < 1.29 is 9.18 Å². The van der Waals surface area contributed by atoms with Crippen LogP contribution < -0.4 is 10.2 Å². The van der Waals surface area contributed by atoms with E-state index >= 15 is 0 Å². The standard InChI is InChI=1S/C23H35FN4O/c1-4-23(2,3)16-5-8-18(13-16)27-9-11-28(12-10-27)19-14-20(24)21(25-15-19)22(29)26-17-6-7-17/h14-18H,4-13H2,1-3H3,(H,26,29)/t16?,18-/m1/s1. The third kappa shape index (κ3) is 4.57. The zero-order valence-electron chi connectivity index (χ0n) is 18.1. The number of hydrogen-bond acceptors (Lipinski definition) is 4. The lowest BCUT2D eigenvalue weighted by Crippen LogP contribution is -2.50. The zero-order chi connectivity index (χ0) is 20.6. The van der Waals surface area contributed by atoms with Crippen molar-refractivity contribution in [2.24, 2.45) is 11.3 Å². The van der Waals surface area contributed by atoms with E-state index < -0.39 is 11.7 Å². The molecule has 1 amide bonds. The molecular formula is C23H35FN4O.